The minimum absolute atomic E-state index is 0.822. The normalized spacial score (nSPS) is 18.0. The molecule has 2 heterocycles. The van der Waals surface area contributed by atoms with Gasteiger partial charge in [0.15, 0.2) is 0 Å². The van der Waals surface area contributed by atoms with E-state index in [1.165, 1.54) is 13.1 Å². The highest BCUT2D eigenvalue weighted by Gasteiger charge is 2.13. The summed E-state index contributed by atoms with van der Waals surface area (Å²) in [5, 5.41) is 11.7. The molecule has 6 nitrogen and oxygen atoms in total. The van der Waals surface area contributed by atoms with Crippen molar-refractivity contribution in [1.82, 2.24) is 30.1 Å². The lowest BCUT2D eigenvalue weighted by atomic mass is 10.3. The van der Waals surface area contributed by atoms with Gasteiger partial charge in [0.1, 0.15) is 0 Å². The molecule has 0 spiro atoms. The molecule has 0 unspecified atom stereocenters. The van der Waals surface area contributed by atoms with Crippen molar-refractivity contribution in [3.05, 3.63) is 11.9 Å². The molecule has 0 radical (unpaired) electrons. The molecule has 1 saturated heterocycles. The fourth-order valence-electron chi connectivity index (χ4n) is 2.24. The maximum Gasteiger partial charge on any atom is 0.0964 e. The van der Waals surface area contributed by atoms with E-state index >= 15 is 0 Å². The number of hydrogen-bond acceptors (Lipinski definition) is 5. The zero-order valence-electron chi connectivity index (χ0n) is 12.2. The molecule has 1 fully saturated rings. The van der Waals surface area contributed by atoms with Crippen LogP contribution < -0.4 is 5.32 Å². The summed E-state index contributed by atoms with van der Waals surface area (Å²) in [6.07, 6.45) is 3.20. The van der Waals surface area contributed by atoms with Crippen LogP contribution >= 0.6 is 0 Å². The zero-order valence-corrected chi connectivity index (χ0v) is 12.2. The van der Waals surface area contributed by atoms with E-state index in [1.807, 2.05) is 4.68 Å². The minimum Gasteiger partial charge on any atom is -0.311 e. The molecule has 0 bridgehead atoms. The number of hydrogen-bond donors (Lipinski definition) is 1. The molecular formula is C13H26N6. The quantitative estimate of drug-likeness (QED) is 0.705. The van der Waals surface area contributed by atoms with E-state index in [4.69, 9.17) is 0 Å². The predicted octanol–water partition coefficient (Wildman–Crippen LogP) is 0.0251. The van der Waals surface area contributed by atoms with E-state index in [-0.39, 0.29) is 0 Å². The molecule has 0 atom stereocenters. The number of piperazine rings is 1. The van der Waals surface area contributed by atoms with E-state index in [9.17, 15) is 0 Å². The monoisotopic (exact) mass is 266 g/mol. The molecule has 6 heteroatoms. The highest BCUT2D eigenvalue weighted by Crippen LogP contribution is 2.00. The Kier molecular flexibility index (Phi) is 5.75. The highest BCUT2D eigenvalue weighted by molar-refractivity contribution is 4.91. The van der Waals surface area contributed by atoms with Gasteiger partial charge in [0, 0.05) is 45.5 Å². The van der Waals surface area contributed by atoms with E-state index in [0.29, 0.717) is 0 Å². The average Bonchev–Trinajstić information content (AvgIpc) is 2.86. The first-order chi connectivity index (χ1) is 9.28. The van der Waals surface area contributed by atoms with Crippen molar-refractivity contribution in [3.63, 3.8) is 0 Å². The topological polar surface area (TPSA) is 49.2 Å². The highest BCUT2D eigenvalue weighted by atomic mass is 15.4. The summed E-state index contributed by atoms with van der Waals surface area (Å²) in [4.78, 5) is 4.88. The smallest absolute Gasteiger partial charge is 0.0964 e. The molecule has 0 amide bonds. The average molecular weight is 266 g/mol. The van der Waals surface area contributed by atoms with Crippen molar-refractivity contribution >= 4 is 0 Å². The van der Waals surface area contributed by atoms with Crippen LogP contribution in [0.15, 0.2) is 6.20 Å². The fraction of sp³-hybridized carbons (Fsp3) is 0.846. The summed E-state index contributed by atoms with van der Waals surface area (Å²) in [5.74, 6) is 0. The summed E-state index contributed by atoms with van der Waals surface area (Å²) in [5.41, 5.74) is 1.03. The second-order valence-corrected chi connectivity index (χ2v) is 5.29. The summed E-state index contributed by atoms with van der Waals surface area (Å²) < 4.78 is 1.96. The molecule has 1 aromatic heterocycles. The van der Waals surface area contributed by atoms with Gasteiger partial charge in [0.25, 0.3) is 0 Å². The summed E-state index contributed by atoms with van der Waals surface area (Å²) in [6, 6.07) is 0. The number of nitrogens with zero attached hydrogens (tertiary/aromatic N) is 5. The fourth-order valence-corrected chi connectivity index (χ4v) is 2.24. The van der Waals surface area contributed by atoms with Crippen molar-refractivity contribution in [2.45, 2.75) is 26.4 Å². The van der Waals surface area contributed by atoms with Crippen LogP contribution in [-0.4, -0.2) is 71.1 Å². The Bertz CT molecular complexity index is 356. The van der Waals surface area contributed by atoms with Crippen molar-refractivity contribution < 1.29 is 0 Å². The van der Waals surface area contributed by atoms with E-state index in [1.54, 1.807) is 0 Å². The van der Waals surface area contributed by atoms with Crippen LogP contribution in [0.5, 0.6) is 0 Å². The lowest BCUT2D eigenvalue weighted by Crippen LogP contribution is -2.45. The Morgan fingerprint density at radius 2 is 2.00 bits per heavy atom. The summed E-state index contributed by atoms with van der Waals surface area (Å²) in [7, 11) is 2.18. The van der Waals surface area contributed by atoms with Gasteiger partial charge in [-0.1, -0.05) is 12.1 Å². The lowest BCUT2D eigenvalue weighted by Gasteiger charge is -2.32. The van der Waals surface area contributed by atoms with E-state index in [0.717, 1.165) is 51.4 Å². The first-order valence-electron chi connectivity index (χ1n) is 7.28. The Hall–Kier alpha value is -0.980. The number of rotatable bonds is 7. The standard InChI is InChI=1S/C13H26N6/c1-3-4-14-11-13-12-19(16-15-13)10-9-18-7-5-17(2)6-8-18/h12,14H,3-11H2,1-2H3. The minimum atomic E-state index is 0.822. The molecule has 1 aliphatic rings. The lowest BCUT2D eigenvalue weighted by molar-refractivity contribution is 0.148. The first-order valence-corrected chi connectivity index (χ1v) is 7.28. The Morgan fingerprint density at radius 3 is 2.74 bits per heavy atom. The van der Waals surface area contributed by atoms with E-state index in [2.05, 4.69) is 45.6 Å². The predicted molar refractivity (Wildman–Crippen MR) is 76.0 cm³/mol. The van der Waals surface area contributed by atoms with Gasteiger partial charge in [0.2, 0.25) is 0 Å². The third-order valence-corrected chi connectivity index (χ3v) is 3.56. The second kappa shape index (κ2) is 7.57. The Morgan fingerprint density at radius 1 is 1.21 bits per heavy atom. The van der Waals surface area contributed by atoms with Gasteiger partial charge in [-0.3, -0.25) is 9.58 Å². The molecule has 19 heavy (non-hydrogen) atoms. The van der Waals surface area contributed by atoms with Crippen LogP contribution in [0.4, 0.5) is 0 Å². The molecular weight excluding hydrogens is 240 g/mol. The zero-order chi connectivity index (χ0) is 13.5. The van der Waals surface area contributed by atoms with E-state index < -0.39 is 0 Å². The van der Waals surface area contributed by atoms with Crippen LogP contribution in [0.3, 0.4) is 0 Å². The van der Waals surface area contributed by atoms with Crippen LogP contribution in [0.1, 0.15) is 19.0 Å². The van der Waals surface area contributed by atoms with Gasteiger partial charge in [-0.25, -0.2) is 0 Å². The molecule has 1 aliphatic heterocycles. The third kappa shape index (κ3) is 4.89. The van der Waals surface area contributed by atoms with Gasteiger partial charge in [0.05, 0.1) is 12.2 Å². The molecule has 0 aromatic carbocycles. The molecule has 1 aromatic rings. The van der Waals surface area contributed by atoms with Gasteiger partial charge in [-0.2, -0.15) is 0 Å². The van der Waals surface area contributed by atoms with Crippen LogP contribution in [0.2, 0.25) is 0 Å². The summed E-state index contributed by atoms with van der Waals surface area (Å²) >= 11 is 0. The van der Waals surface area contributed by atoms with Crippen LogP contribution in [0, 0.1) is 0 Å². The van der Waals surface area contributed by atoms with Crippen molar-refractivity contribution in [2.75, 3.05) is 46.3 Å². The third-order valence-electron chi connectivity index (χ3n) is 3.56. The SMILES string of the molecule is CCCNCc1cn(CCN2CCN(C)CC2)nn1. The van der Waals surface area contributed by atoms with Crippen molar-refractivity contribution in [1.29, 1.82) is 0 Å². The Labute approximate surface area is 115 Å². The molecule has 2 rings (SSSR count). The molecule has 1 N–H and O–H groups in total. The number of nitrogens with one attached hydrogen (secondary N) is 1. The largest absolute Gasteiger partial charge is 0.311 e. The van der Waals surface area contributed by atoms with Crippen LogP contribution in [-0.2, 0) is 13.1 Å². The number of likely N-dealkylation sites (N-methyl/N-ethyl adjacent to an activating group) is 1. The summed E-state index contributed by atoms with van der Waals surface area (Å²) in [6.45, 7) is 10.7. The first kappa shape index (κ1) is 14.4. The second-order valence-electron chi connectivity index (χ2n) is 5.29. The van der Waals surface area contributed by atoms with Gasteiger partial charge in [-0.15, -0.1) is 5.10 Å². The maximum atomic E-state index is 4.19. The van der Waals surface area contributed by atoms with Crippen molar-refractivity contribution in [2.24, 2.45) is 0 Å². The van der Waals surface area contributed by atoms with Gasteiger partial charge in [-0.05, 0) is 20.0 Å². The van der Waals surface area contributed by atoms with Gasteiger partial charge >= 0.3 is 0 Å². The van der Waals surface area contributed by atoms with Crippen molar-refractivity contribution in [3.8, 4) is 0 Å². The molecule has 0 saturated carbocycles. The number of aromatic nitrogens is 3. The molecule has 108 valence electrons. The Balaban J connectivity index is 1.68. The molecule has 0 aliphatic carbocycles. The maximum absolute atomic E-state index is 4.19. The van der Waals surface area contributed by atoms with Gasteiger partial charge < -0.3 is 10.2 Å². The van der Waals surface area contributed by atoms with Crippen LogP contribution in [0.25, 0.3) is 0 Å².